The Kier molecular flexibility index (Phi) is 1.58. The Hall–Kier alpha value is -1.10. The number of rotatable bonds is 3. The van der Waals surface area contributed by atoms with Crippen molar-refractivity contribution in [1.29, 1.82) is 0 Å². The van der Waals surface area contributed by atoms with E-state index in [1.807, 2.05) is 0 Å². The summed E-state index contributed by atoms with van der Waals surface area (Å²) in [6, 6.07) is 0. The van der Waals surface area contributed by atoms with Crippen molar-refractivity contribution >= 4 is 12.4 Å². The predicted molar refractivity (Wildman–Crippen MR) is 29.4 cm³/mol. The Morgan fingerprint density at radius 1 is 1.60 bits per heavy atom. The number of carbonyl (C=O) groups is 2. The quantitative estimate of drug-likeness (QED) is 0.411. The molecule has 5 nitrogen and oxygen atoms in total. The zero-order valence-corrected chi connectivity index (χ0v) is 5.20. The van der Waals surface area contributed by atoms with Crippen molar-refractivity contribution < 1.29 is 19.2 Å². The molecule has 0 saturated heterocycles. The first kappa shape index (κ1) is 7.01. The SMILES string of the molecule is NOC(=O)C1(OC=O)CC1. The van der Waals surface area contributed by atoms with Gasteiger partial charge in [0.15, 0.2) is 0 Å². The third kappa shape index (κ3) is 0.950. The Morgan fingerprint density at radius 2 is 2.20 bits per heavy atom. The third-order valence-corrected chi connectivity index (χ3v) is 1.46. The van der Waals surface area contributed by atoms with Gasteiger partial charge in [0.25, 0.3) is 6.47 Å². The van der Waals surface area contributed by atoms with Gasteiger partial charge in [-0.15, -0.1) is 0 Å². The molecule has 0 unspecified atom stereocenters. The van der Waals surface area contributed by atoms with Crippen LogP contribution in [0.5, 0.6) is 0 Å². The van der Waals surface area contributed by atoms with Gasteiger partial charge < -0.3 is 9.57 Å². The highest BCUT2D eigenvalue weighted by molar-refractivity contribution is 5.83. The summed E-state index contributed by atoms with van der Waals surface area (Å²) in [6.07, 6.45) is 1.00. The molecule has 0 aromatic heterocycles. The van der Waals surface area contributed by atoms with Crippen LogP contribution in [0.2, 0.25) is 0 Å². The summed E-state index contributed by atoms with van der Waals surface area (Å²) in [5.74, 6) is 3.90. The van der Waals surface area contributed by atoms with Crippen LogP contribution in [0.3, 0.4) is 0 Å². The highest BCUT2D eigenvalue weighted by atomic mass is 16.7. The minimum absolute atomic E-state index is 0.226. The van der Waals surface area contributed by atoms with Gasteiger partial charge in [-0.2, -0.15) is 5.90 Å². The number of hydrogen-bond donors (Lipinski definition) is 1. The summed E-state index contributed by atoms with van der Waals surface area (Å²) in [6.45, 7) is 0.226. The lowest BCUT2D eigenvalue weighted by Gasteiger charge is -2.07. The summed E-state index contributed by atoms with van der Waals surface area (Å²) >= 11 is 0. The molecule has 0 amide bonds. The van der Waals surface area contributed by atoms with Gasteiger partial charge in [0, 0.05) is 12.8 Å². The van der Waals surface area contributed by atoms with Crippen LogP contribution in [0.4, 0.5) is 0 Å². The molecule has 0 aromatic rings. The highest BCUT2D eigenvalue weighted by Gasteiger charge is 2.54. The zero-order chi connectivity index (χ0) is 7.61. The van der Waals surface area contributed by atoms with E-state index in [2.05, 4.69) is 15.5 Å². The largest absolute Gasteiger partial charge is 0.449 e. The first-order valence-electron chi connectivity index (χ1n) is 2.78. The average Bonchev–Trinajstić information content (AvgIpc) is 2.69. The van der Waals surface area contributed by atoms with Gasteiger partial charge in [0.1, 0.15) is 0 Å². The maximum absolute atomic E-state index is 10.7. The van der Waals surface area contributed by atoms with Crippen molar-refractivity contribution in [3.8, 4) is 0 Å². The molecule has 0 atom stereocenters. The van der Waals surface area contributed by atoms with Gasteiger partial charge in [0.2, 0.25) is 5.60 Å². The maximum atomic E-state index is 10.7. The van der Waals surface area contributed by atoms with Crippen LogP contribution < -0.4 is 5.90 Å². The van der Waals surface area contributed by atoms with Gasteiger partial charge in [-0.1, -0.05) is 0 Å². The van der Waals surface area contributed by atoms with Crippen LogP contribution in [0.25, 0.3) is 0 Å². The van der Waals surface area contributed by atoms with Crippen molar-refractivity contribution in [2.75, 3.05) is 0 Å². The molecule has 10 heavy (non-hydrogen) atoms. The molecule has 56 valence electrons. The van der Waals surface area contributed by atoms with Gasteiger partial charge in [-0.3, -0.25) is 4.79 Å². The topological polar surface area (TPSA) is 78.6 Å². The summed E-state index contributed by atoms with van der Waals surface area (Å²) in [7, 11) is 0. The molecule has 0 spiro atoms. The Bertz CT molecular complexity index is 163. The molecule has 0 bridgehead atoms. The van der Waals surface area contributed by atoms with Crippen LogP contribution in [0.15, 0.2) is 0 Å². The molecule has 1 aliphatic carbocycles. The lowest BCUT2D eigenvalue weighted by molar-refractivity contribution is -0.165. The maximum Gasteiger partial charge on any atom is 0.369 e. The first-order valence-corrected chi connectivity index (χ1v) is 2.78. The molecule has 0 radical (unpaired) electrons. The van der Waals surface area contributed by atoms with Crippen molar-refractivity contribution in [3.05, 3.63) is 0 Å². The molecule has 1 aliphatic rings. The Labute approximate surface area is 57.0 Å². The van der Waals surface area contributed by atoms with Crippen molar-refractivity contribution in [1.82, 2.24) is 0 Å². The van der Waals surface area contributed by atoms with Gasteiger partial charge >= 0.3 is 5.97 Å². The number of hydrogen-bond acceptors (Lipinski definition) is 5. The standard InChI is InChI=1S/C5H7NO4/c6-10-4(8)5(1-2-5)9-3-7/h3H,1-2,6H2. The van der Waals surface area contributed by atoms with Crippen LogP contribution in [-0.4, -0.2) is 18.0 Å². The average molecular weight is 145 g/mol. The highest BCUT2D eigenvalue weighted by Crippen LogP contribution is 2.39. The Morgan fingerprint density at radius 3 is 2.50 bits per heavy atom. The van der Waals surface area contributed by atoms with Crippen LogP contribution in [0, 0.1) is 0 Å². The Balaban J connectivity index is 2.51. The van der Waals surface area contributed by atoms with E-state index in [0.29, 0.717) is 12.8 Å². The minimum Gasteiger partial charge on any atom is -0.449 e. The van der Waals surface area contributed by atoms with Crippen molar-refractivity contribution in [3.63, 3.8) is 0 Å². The summed E-state index contributed by atoms with van der Waals surface area (Å²) in [5, 5.41) is 0. The molecule has 0 aliphatic heterocycles. The normalized spacial score (nSPS) is 19.3. The van der Waals surface area contributed by atoms with Gasteiger partial charge in [-0.25, -0.2) is 4.79 Å². The third-order valence-electron chi connectivity index (χ3n) is 1.46. The fourth-order valence-electron chi connectivity index (χ4n) is 0.683. The minimum atomic E-state index is -1.05. The number of nitrogens with two attached hydrogens (primary N) is 1. The first-order chi connectivity index (χ1) is 4.75. The fraction of sp³-hybridized carbons (Fsp3) is 0.600. The van der Waals surface area contributed by atoms with E-state index in [4.69, 9.17) is 0 Å². The van der Waals surface area contributed by atoms with Crippen molar-refractivity contribution in [2.45, 2.75) is 18.4 Å². The van der Waals surface area contributed by atoms with E-state index in [0.717, 1.165) is 0 Å². The number of carbonyl (C=O) groups excluding carboxylic acids is 2. The fourth-order valence-corrected chi connectivity index (χ4v) is 0.683. The molecule has 1 saturated carbocycles. The predicted octanol–water partition coefficient (Wildman–Crippen LogP) is -0.891. The second-order valence-corrected chi connectivity index (χ2v) is 2.11. The molecular formula is C5H7NO4. The van der Waals surface area contributed by atoms with E-state index in [1.54, 1.807) is 0 Å². The van der Waals surface area contributed by atoms with Crippen molar-refractivity contribution in [2.24, 2.45) is 5.90 Å². The summed E-state index contributed by atoms with van der Waals surface area (Å²) in [4.78, 5) is 24.4. The van der Waals surface area contributed by atoms with Crippen LogP contribution in [0.1, 0.15) is 12.8 Å². The lowest BCUT2D eigenvalue weighted by atomic mass is 10.3. The molecular weight excluding hydrogens is 138 g/mol. The molecule has 1 fully saturated rings. The molecule has 1 rings (SSSR count). The van der Waals surface area contributed by atoms with E-state index < -0.39 is 11.6 Å². The number of ether oxygens (including phenoxy) is 1. The van der Waals surface area contributed by atoms with E-state index in [9.17, 15) is 9.59 Å². The smallest absolute Gasteiger partial charge is 0.369 e. The van der Waals surface area contributed by atoms with E-state index in [1.165, 1.54) is 0 Å². The second kappa shape index (κ2) is 2.26. The molecule has 5 heteroatoms. The van der Waals surface area contributed by atoms with E-state index >= 15 is 0 Å². The lowest BCUT2D eigenvalue weighted by Crippen LogP contribution is -2.30. The monoisotopic (exact) mass is 145 g/mol. The van der Waals surface area contributed by atoms with E-state index in [-0.39, 0.29) is 6.47 Å². The summed E-state index contributed by atoms with van der Waals surface area (Å²) in [5.41, 5.74) is -1.05. The second-order valence-electron chi connectivity index (χ2n) is 2.11. The summed E-state index contributed by atoms with van der Waals surface area (Å²) < 4.78 is 4.46. The molecule has 2 N–H and O–H groups in total. The van der Waals surface area contributed by atoms with Gasteiger partial charge in [0.05, 0.1) is 0 Å². The van der Waals surface area contributed by atoms with Gasteiger partial charge in [-0.05, 0) is 0 Å². The molecule has 0 heterocycles. The van der Waals surface area contributed by atoms with Crippen LogP contribution in [-0.2, 0) is 19.2 Å². The van der Waals surface area contributed by atoms with Crippen LogP contribution >= 0.6 is 0 Å². The molecule has 0 aromatic carbocycles. The zero-order valence-electron chi connectivity index (χ0n) is 5.20.